The quantitative estimate of drug-likeness (QED) is 0.828. The van der Waals surface area contributed by atoms with Crippen molar-refractivity contribution < 1.29 is 8.78 Å². The van der Waals surface area contributed by atoms with E-state index in [0.29, 0.717) is 25.2 Å². The largest absolute Gasteiger partial charge is 0.307 e. The summed E-state index contributed by atoms with van der Waals surface area (Å²) in [7, 11) is 0. The maximum absolute atomic E-state index is 13.7. The minimum atomic E-state index is -0.452. The van der Waals surface area contributed by atoms with E-state index in [0.717, 1.165) is 5.69 Å². The molecule has 2 aromatic heterocycles. The Hall–Kier alpha value is -1.76. The predicted molar refractivity (Wildman–Crippen MR) is 66.6 cm³/mol. The number of alkyl halides is 1. The van der Waals surface area contributed by atoms with Gasteiger partial charge in [-0.05, 0) is 13.0 Å². The zero-order valence-corrected chi connectivity index (χ0v) is 10.8. The SMILES string of the molecule is CCn1ncc(CNCc2ccnn2CCF)c1F. The molecular weight excluding hydrogens is 252 g/mol. The van der Waals surface area contributed by atoms with Crippen LogP contribution in [0.4, 0.5) is 8.78 Å². The molecule has 0 unspecified atom stereocenters. The van der Waals surface area contributed by atoms with Gasteiger partial charge in [-0.3, -0.25) is 4.68 Å². The van der Waals surface area contributed by atoms with Crippen LogP contribution in [0.3, 0.4) is 0 Å². The van der Waals surface area contributed by atoms with E-state index in [2.05, 4.69) is 15.5 Å². The lowest BCUT2D eigenvalue weighted by Gasteiger charge is -2.06. The van der Waals surface area contributed by atoms with E-state index in [1.807, 2.05) is 13.0 Å². The zero-order valence-electron chi connectivity index (χ0n) is 10.8. The Labute approximate surface area is 110 Å². The smallest absolute Gasteiger partial charge is 0.215 e. The molecule has 0 atom stereocenters. The highest BCUT2D eigenvalue weighted by Crippen LogP contribution is 2.06. The zero-order chi connectivity index (χ0) is 13.7. The molecule has 7 heteroatoms. The summed E-state index contributed by atoms with van der Waals surface area (Å²) in [5, 5.41) is 11.0. The molecule has 2 rings (SSSR count). The molecule has 104 valence electrons. The van der Waals surface area contributed by atoms with Crippen LogP contribution in [0.2, 0.25) is 0 Å². The molecule has 0 aliphatic rings. The van der Waals surface area contributed by atoms with Crippen LogP contribution in [0, 0.1) is 5.95 Å². The maximum atomic E-state index is 13.7. The number of aryl methyl sites for hydroxylation is 2. The van der Waals surface area contributed by atoms with E-state index in [1.54, 1.807) is 10.9 Å². The van der Waals surface area contributed by atoms with E-state index in [4.69, 9.17) is 0 Å². The summed E-state index contributed by atoms with van der Waals surface area (Å²) in [6, 6.07) is 1.81. The van der Waals surface area contributed by atoms with Gasteiger partial charge in [-0.25, -0.2) is 9.07 Å². The van der Waals surface area contributed by atoms with Gasteiger partial charge < -0.3 is 5.32 Å². The molecule has 0 aliphatic carbocycles. The van der Waals surface area contributed by atoms with Gasteiger partial charge in [0, 0.05) is 31.4 Å². The first kappa shape index (κ1) is 13.7. The summed E-state index contributed by atoms with van der Waals surface area (Å²) in [4.78, 5) is 0. The van der Waals surface area contributed by atoms with Gasteiger partial charge in [0.25, 0.3) is 0 Å². The van der Waals surface area contributed by atoms with Crippen LogP contribution in [-0.2, 0) is 26.2 Å². The summed E-state index contributed by atoms with van der Waals surface area (Å²) in [6.45, 7) is 3.03. The molecule has 0 fully saturated rings. The van der Waals surface area contributed by atoms with E-state index >= 15 is 0 Å². The summed E-state index contributed by atoms with van der Waals surface area (Å²) in [6.07, 6.45) is 3.15. The summed E-state index contributed by atoms with van der Waals surface area (Å²) < 4.78 is 28.9. The fourth-order valence-corrected chi connectivity index (χ4v) is 1.87. The Morgan fingerprint density at radius 2 is 2.11 bits per heavy atom. The Bertz CT molecular complexity index is 520. The van der Waals surface area contributed by atoms with Crippen molar-refractivity contribution in [3.8, 4) is 0 Å². The molecule has 0 aliphatic heterocycles. The monoisotopic (exact) mass is 269 g/mol. The Balaban J connectivity index is 1.89. The van der Waals surface area contributed by atoms with E-state index in [1.165, 1.54) is 10.9 Å². The van der Waals surface area contributed by atoms with Crippen LogP contribution in [0.15, 0.2) is 18.5 Å². The fraction of sp³-hybridized carbons (Fsp3) is 0.500. The number of nitrogens with one attached hydrogen (secondary N) is 1. The van der Waals surface area contributed by atoms with Gasteiger partial charge >= 0.3 is 0 Å². The van der Waals surface area contributed by atoms with Gasteiger partial charge in [0.1, 0.15) is 6.67 Å². The molecule has 0 radical (unpaired) electrons. The molecule has 0 spiro atoms. The van der Waals surface area contributed by atoms with Gasteiger partial charge in [0.15, 0.2) is 0 Å². The Kier molecular flexibility index (Phi) is 4.62. The van der Waals surface area contributed by atoms with Gasteiger partial charge in [-0.2, -0.15) is 14.6 Å². The second-order valence-electron chi connectivity index (χ2n) is 4.11. The minimum Gasteiger partial charge on any atom is -0.307 e. The molecule has 1 N–H and O–H groups in total. The fourth-order valence-electron chi connectivity index (χ4n) is 1.87. The topological polar surface area (TPSA) is 47.7 Å². The maximum Gasteiger partial charge on any atom is 0.215 e. The Morgan fingerprint density at radius 3 is 2.79 bits per heavy atom. The highest BCUT2D eigenvalue weighted by Gasteiger charge is 2.09. The van der Waals surface area contributed by atoms with Crippen LogP contribution in [0.25, 0.3) is 0 Å². The van der Waals surface area contributed by atoms with Crippen molar-refractivity contribution in [3.05, 3.63) is 35.7 Å². The molecule has 2 aromatic rings. The van der Waals surface area contributed by atoms with Crippen molar-refractivity contribution in [3.63, 3.8) is 0 Å². The van der Waals surface area contributed by atoms with Crippen LogP contribution in [0.1, 0.15) is 18.2 Å². The van der Waals surface area contributed by atoms with Crippen molar-refractivity contribution >= 4 is 0 Å². The predicted octanol–water partition coefficient (Wildman–Crippen LogP) is 1.50. The van der Waals surface area contributed by atoms with E-state index in [-0.39, 0.29) is 12.5 Å². The first-order valence-corrected chi connectivity index (χ1v) is 6.23. The molecule has 0 saturated heterocycles. The molecule has 0 aromatic carbocycles. The van der Waals surface area contributed by atoms with Gasteiger partial charge in [0.2, 0.25) is 5.95 Å². The molecule has 0 bridgehead atoms. The third-order valence-electron chi connectivity index (χ3n) is 2.87. The number of hydrogen-bond donors (Lipinski definition) is 1. The number of aromatic nitrogens is 4. The van der Waals surface area contributed by atoms with Gasteiger partial charge in [0.05, 0.1) is 18.4 Å². The third-order valence-corrected chi connectivity index (χ3v) is 2.87. The number of nitrogens with zero attached hydrogens (tertiary/aromatic N) is 4. The van der Waals surface area contributed by atoms with Crippen molar-refractivity contribution in [1.82, 2.24) is 24.9 Å². The normalized spacial score (nSPS) is 11.1. The van der Waals surface area contributed by atoms with Gasteiger partial charge in [-0.15, -0.1) is 0 Å². The lowest BCUT2D eigenvalue weighted by Crippen LogP contribution is -2.17. The van der Waals surface area contributed by atoms with Gasteiger partial charge in [-0.1, -0.05) is 0 Å². The summed E-state index contributed by atoms with van der Waals surface area (Å²) in [5.41, 5.74) is 1.40. The first-order valence-electron chi connectivity index (χ1n) is 6.23. The third kappa shape index (κ3) is 3.17. The van der Waals surface area contributed by atoms with Crippen LogP contribution < -0.4 is 5.32 Å². The van der Waals surface area contributed by atoms with Crippen molar-refractivity contribution in [2.45, 2.75) is 33.1 Å². The number of halogens is 2. The molecule has 19 heavy (non-hydrogen) atoms. The molecule has 2 heterocycles. The molecular formula is C12H17F2N5. The van der Waals surface area contributed by atoms with Crippen molar-refractivity contribution in [2.24, 2.45) is 0 Å². The van der Waals surface area contributed by atoms with Crippen LogP contribution in [-0.4, -0.2) is 26.2 Å². The standard InChI is InChI=1S/C12H17F2N5/c1-2-18-12(14)10(8-17-18)7-15-9-11-3-5-16-19(11)6-4-13/h3,5,8,15H,2,4,6-7,9H2,1H3. The average Bonchev–Trinajstić information content (AvgIpc) is 2.98. The summed E-state index contributed by atoms with van der Waals surface area (Å²) >= 11 is 0. The summed E-state index contributed by atoms with van der Waals surface area (Å²) in [5.74, 6) is -0.313. The van der Waals surface area contributed by atoms with Crippen molar-refractivity contribution in [2.75, 3.05) is 6.67 Å². The lowest BCUT2D eigenvalue weighted by atomic mass is 10.3. The molecule has 0 amide bonds. The second kappa shape index (κ2) is 6.42. The average molecular weight is 269 g/mol. The van der Waals surface area contributed by atoms with E-state index in [9.17, 15) is 8.78 Å². The van der Waals surface area contributed by atoms with E-state index < -0.39 is 6.67 Å². The minimum absolute atomic E-state index is 0.242. The van der Waals surface area contributed by atoms with Crippen molar-refractivity contribution in [1.29, 1.82) is 0 Å². The first-order chi connectivity index (χ1) is 9.26. The van der Waals surface area contributed by atoms with Crippen LogP contribution in [0.5, 0.6) is 0 Å². The van der Waals surface area contributed by atoms with Crippen LogP contribution >= 0.6 is 0 Å². The lowest BCUT2D eigenvalue weighted by molar-refractivity contribution is 0.416. The number of hydrogen-bond acceptors (Lipinski definition) is 3. The molecule has 0 saturated carbocycles. The second-order valence-corrected chi connectivity index (χ2v) is 4.11. The highest BCUT2D eigenvalue weighted by molar-refractivity contribution is 5.07. The Morgan fingerprint density at radius 1 is 1.26 bits per heavy atom. The molecule has 5 nitrogen and oxygen atoms in total. The highest BCUT2D eigenvalue weighted by atomic mass is 19.1. The number of rotatable bonds is 7.